The van der Waals surface area contributed by atoms with E-state index in [9.17, 15) is 14.0 Å². The molecule has 0 radical (unpaired) electrons. The van der Waals surface area contributed by atoms with Gasteiger partial charge in [-0.1, -0.05) is 0 Å². The lowest BCUT2D eigenvalue weighted by Crippen LogP contribution is -2.43. The van der Waals surface area contributed by atoms with Gasteiger partial charge in [0.25, 0.3) is 5.91 Å². The van der Waals surface area contributed by atoms with Crippen molar-refractivity contribution in [2.45, 2.75) is 26.3 Å². The molecule has 104 valence electrons. The molecule has 0 saturated heterocycles. The minimum Gasteiger partial charge on any atom is -0.484 e. The zero-order valence-corrected chi connectivity index (χ0v) is 11.0. The van der Waals surface area contributed by atoms with Gasteiger partial charge in [-0.05, 0) is 32.9 Å². The van der Waals surface area contributed by atoms with E-state index in [1.807, 2.05) is 20.8 Å². The molecule has 0 fully saturated rings. The molecule has 0 aliphatic rings. The van der Waals surface area contributed by atoms with Crippen molar-refractivity contribution in [3.05, 3.63) is 29.6 Å². The van der Waals surface area contributed by atoms with E-state index in [-0.39, 0.29) is 23.8 Å². The van der Waals surface area contributed by atoms with Gasteiger partial charge < -0.3 is 15.2 Å². The largest absolute Gasteiger partial charge is 0.484 e. The molecule has 0 aromatic heterocycles. The summed E-state index contributed by atoms with van der Waals surface area (Å²) in [4.78, 5) is 22.2. The summed E-state index contributed by atoms with van der Waals surface area (Å²) in [6, 6.07) is 3.07. The first-order chi connectivity index (χ1) is 8.67. The second-order valence-corrected chi connectivity index (χ2v) is 5.07. The molecule has 0 atom stereocenters. The van der Waals surface area contributed by atoms with E-state index in [0.717, 1.165) is 18.2 Å². The van der Waals surface area contributed by atoms with Crippen LogP contribution >= 0.6 is 0 Å². The van der Waals surface area contributed by atoms with Crippen molar-refractivity contribution in [2.75, 3.05) is 6.61 Å². The van der Waals surface area contributed by atoms with Crippen LogP contribution < -0.4 is 10.1 Å². The Kier molecular flexibility index (Phi) is 4.47. The second-order valence-electron chi connectivity index (χ2n) is 5.07. The minimum atomic E-state index is -1.26. The van der Waals surface area contributed by atoms with E-state index >= 15 is 0 Å². The SMILES string of the molecule is CC(C)(C)NC(=O)COc1cc(F)cc(C(=O)O)c1. The number of aromatic carboxylic acids is 1. The molecule has 0 aliphatic carbocycles. The van der Waals surface area contributed by atoms with Gasteiger partial charge in [-0.25, -0.2) is 9.18 Å². The van der Waals surface area contributed by atoms with Crippen LogP contribution in [0.15, 0.2) is 18.2 Å². The average Bonchev–Trinajstić information content (AvgIpc) is 2.23. The van der Waals surface area contributed by atoms with E-state index in [1.165, 1.54) is 0 Å². The number of amides is 1. The van der Waals surface area contributed by atoms with E-state index in [0.29, 0.717) is 0 Å². The summed E-state index contributed by atoms with van der Waals surface area (Å²) in [7, 11) is 0. The Bertz CT molecular complexity index is 494. The fourth-order valence-corrected chi connectivity index (χ4v) is 1.37. The summed E-state index contributed by atoms with van der Waals surface area (Å²) >= 11 is 0. The molecule has 0 aliphatic heterocycles. The third-order valence-corrected chi connectivity index (χ3v) is 2.00. The number of carbonyl (C=O) groups is 2. The third kappa shape index (κ3) is 5.37. The molecule has 1 aromatic rings. The molecule has 0 unspecified atom stereocenters. The lowest BCUT2D eigenvalue weighted by Gasteiger charge is -2.20. The van der Waals surface area contributed by atoms with Crippen molar-refractivity contribution in [2.24, 2.45) is 0 Å². The van der Waals surface area contributed by atoms with Gasteiger partial charge in [-0.2, -0.15) is 0 Å². The number of benzene rings is 1. The van der Waals surface area contributed by atoms with Crippen LogP contribution in [0.2, 0.25) is 0 Å². The number of carboxylic acid groups (broad SMARTS) is 1. The van der Waals surface area contributed by atoms with Gasteiger partial charge in [0.05, 0.1) is 5.56 Å². The standard InChI is InChI=1S/C13H16FNO4/c1-13(2,3)15-11(16)7-19-10-5-8(12(17)18)4-9(14)6-10/h4-6H,7H2,1-3H3,(H,15,16)(H,17,18). The zero-order chi connectivity index (χ0) is 14.6. The zero-order valence-electron chi connectivity index (χ0n) is 11.0. The van der Waals surface area contributed by atoms with Crippen LogP contribution in [0.1, 0.15) is 31.1 Å². The quantitative estimate of drug-likeness (QED) is 0.874. The summed E-state index contributed by atoms with van der Waals surface area (Å²) in [5.41, 5.74) is -0.625. The number of ether oxygens (including phenoxy) is 1. The van der Waals surface area contributed by atoms with Crippen LogP contribution in [-0.2, 0) is 4.79 Å². The van der Waals surface area contributed by atoms with E-state index in [2.05, 4.69) is 5.32 Å². The monoisotopic (exact) mass is 269 g/mol. The molecule has 0 bridgehead atoms. The van der Waals surface area contributed by atoms with E-state index in [1.54, 1.807) is 0 Å². The molecule has 1 amide bonds. The summed E-state index contributed by atoms with van der Waals surface area (Å²) in [6.45, 7) is 5.14. The summed E-state index contributed by atoms with van der Waals surface area (Å²) in [5.74, 6) is -2.36. The molecule has 6 heteroatoms. The number of rotatable bonds is 4. The molecule has 0 heterocycles. The molecule has 1 rings (SSSR count). The predicted octanol–water partition coefficient (Wildman–Crippen LogP) is 1.82. The van der Waals surface area contributed by atoms with Crippen molar-refractivity contribution in [1.29, 1.82) is 0 Å². The average molecular weight is 269 g/mol. The van der Waals surface area contributed by atoms with Crippen molar-refractivity contribution >= 4 is 11.9 Å². The number of carboxylic acids is 1. The van der Waals surface area contributed by atoms with Gasteiger partial charge in [0, 0.05) is 11.6 Å². The lowest BCUT2D eigenvalue weighted by molar-refractivity contribution is -0.124. The second kappa shape index (κ2) is 5.69. The first-order valence-corrected chi connectivity index (χ1v) is 5.65. The first kappa shape index (κ1) is 14.9. The maximum atomic E-state index is 13.1. The van der Waals surface area contributed by atoms with Crippen LogP contribution in [0.5, 0.6) is 5.75 Å². The van der Waals surface area contributed by atoms with E-state index < -0.39 is 17.3 Å². The van der Waals surface area contributed by atoms with Gasteiger partial charge in [0.15, 0.2) is 6.61 Å². The van der Waals surface area contributed by atoms with Crippen molar-refractivity contribution in [3.63, 3.8) is 0 Å². The highest BCUT2D eigenvalue weighted by Crippen LogP contribution is 2.16. The summed E-state index contributed by atoms with van der Waals surface area (Å²) in [5, 5.41) is 11.4. The Morgan fingerprint density at radius 3 is 2.47 bits per heavy atom. The van der Waals surface area contributed by atoms with Crippen LogP contribution in [0.25, 0.3) is 0 Å². The Hall–Kier alpha value is -2.11. The molecule has 2 N–H and O–H groups in total. The van der Waals surface area contributed by atoms with Crippen LogP contribution in [0.3, 0.4) is 0 Å². The first-order valence-electron chi connectivity index (χ1n) is 5.65. The summed E-state index contributed by atoms with van der Waals surface area (Å²) < 4.78 is 18.2. The van der Waals surface area contributed by atoms with Crippen LogP contribution in [-0.4, -0.2) is 29.1 Å². The molecular weight excluding hydrogens is 253 g/mol. The van der Waals surface area contributed by atoms with Crippen molar-refractivity contribution < 1.29 is 23.8 Å². The van der Waals surface area contributed by atoms with Crippen molar-refractivity contribution in [3.8, 4) is 5.75 Å². The minimum absolute atomic E-state index is 0.00135. The molecule has 0 saturated carbocycles. The highest BCUT2D eigenvalue weighted by molar-refractivity contribution is 5.88. The number of halogens is 1. The molecule has 0 spiro atoms. The van der Waals surface area contributed by atoms with Crippen molar-refractivity contribution in [1.82, 2.24) is 5.32 Å². The fourth-order valence-electron chi connectivity index (χ4n) is 1.37. The fraction of sp³-hybridized carbons (Fsp3) is 0.385. The normalized spacial score (nSPS) is 10.9. The molecular formula is C13H16FNO4. The van der Waals surface area contributed by atoms with Gasteiger partial charge in [0.2, 0.25) is 0 Å². The Morgan fingerprint density at radius 1 is 1.32 bits per heavy atom. The Morgan fingerprint density at radius 2 is 1.95 bits per heavy atom. The molecule has 1 aromatic carbocycles. The van der Waals surface area contributed by atoms with Crippen LogP contribution in [0, 0.1) is 5.82 Å². The highest BCUT2D eigenvalue weighted by Gasteiger charge is 2.14. The highest BCUT2D eigenvalue weighted by atomic mass is 19.1. The molecule has 19 heavy (non-hydrogen) atoms. The Labute approximate surface area is 110 Å². The number of hydrogen-bond donors (Lipinski definition) is 2. The van der Waals surface area contributed by atoms with Gasteiger partial charge >= 0.3 is 5.97 Å². The summed E-state index contributed by atoms with van der Waals surface area (Å²) in [6.07, 6.45) is 0. The Balaban J connectivity index is 2.68. The van der Waals surface area contributed by atoms with Gasteiger partial charge in [-0.3, -0.25) is 4.79 Å². The number of hydrogen-bond acceptors (Lipinski definition) is 3. The van der Waals surface area contributed by atoms with Crippen LogP contribution in [0.4, 0.5) is 4.39 Å². The van der Waals surface area contributed by atoms with Gasteiger partial charge in [0.1, 0.15) is 11.6 Å². The maximum absolute atomic E-state index is 13.1. The molecule has 5 nitrogen and oxygen atoms in total. The predicted molar refractivity (Wildman–Crippen MR) is 66.8 cm³/mol. The number of carbonyl (C=O) groups excluding carboxylic acids is 1. The lowest BCUT2D eigenvalue weighted by atomic mass is 10.1. The maximum Gasteiger partial charge on any atom is 0.335 e. The smallest absolute Gasteiger partial charge is 0.335 e. The topological polar surface area (TPSA) is 75.6 Å². The van der Waals surface area contributed by atoms with Gasteiger partial charge in [-0.15, -0.1) is 0 Å². The number of nitrogens with one attached hydrogen (secondary N) is 1. The van der Waals surface area contributed by atoms with E-state index in [4.69, 9.17) is 9.84 Å². The third-order valence-electron chi connectivity index (χ3n) is 2.00.